The first-order valence-corrected chi connectivity index (χ1v) is 9.52. The van der Waals surface area contributed by atoms with Crippen LogP contribution in [0, 0.1) is 0 Å². The Hall–Kier alpha value is -1.24. The lowest BCUT2D eigenvalue weighted by molar-refractivity contribution is -0.219. The SMILES string of the molecule is CC1(C)O[C@@H]2O[C@H](COCc3ccccc3)C(OS(=O)(=O)C(F)(F)F)[C@@H]2O1. The van der Waals surface area contributed by atoms with Crippen LogP contribution in [-0.4, -0.2) is 50.9 Å². The van der Waals surface area contributed by atoms with Gasteiger partial charge >= 0.3 is 15.6 Å². The molecule has 7 nitrogen and oxygen atoms in total. The monoisotopic (exact) mass is 412 g/mol. The van der Waals surface area contributed by atoms with Crippen molar-refractivity contribution < 1.29 is 44.7 Å². The molecule has 11 heteroatoms. The van der Waals surface area contributed by atoms with E-state index < -0.39 is 46.0 Å². The molecule has 1 aromatic rings. The van der Waals surface area contributed by atoms with E-state index in [1.165, 1.54) is 13.8 Å². The predicted octanol–water partition coefficient (Wildman–Crippen LogP) is 2.31. The van der Waals surface area contributed by atoms with Gasteiger partial charge in [-0.05, 0) is 19.4 Å². The van der Waals surface area contributed by atoms with Crippen molar-refractivity contribution in [3.63, 3.8) is 0 Å². The molecule has 4 atom stereocenters. The predicted molar refractivity (Wildman–Crippen MR) is 84.6 cm³/mol. The average molecular weight is 412 g/mol. The molecule has 152 valence electrons. The first kappa shape index (κ1) is 20.5. The van der Waals surface area contributed by atoms with Crippen LogP contribution in [0.25, 0.3) is 0 Å². The topological polar surface area (TPSA) is 80.3 Å². The van der Waals surface area contributed by atoms with Gasteiger partial charge in [-0.25, -0.2) is 0 Å². The zero-order chi connectivity index (χ0) is 19.9. The second-order valence-corrected chi connectivity index (χ2v) is 8.17. The van der Waals surface area contributed by atoms with Crippen molar-refractivity contribution in [2.24, 2.45) is 0 Å². The number of fused-ring (bicyclic) bond motifs is 1. The fourth-order valence-corrected chi connectivity index (χ4v) is 3.50. The van der Waals surface area contributed by atoms with E-state index >= 15 is 0 Å². The number of hydrogen-bond acceptors (Lipinski definition) is 7. The lowest BCUT2D eigenvalue weighted by atomic mass is 10.1. The molecule has 1 unspecified atom stereocenters. The first-order chi connectivity index (χ1) is 12.5. The molecule has 2 aliphatic rings. The van der Waals surface area contributed by atoms with E-state index in [0.717, 1.165) is 5.56 Å². The van der Waals surface area contributed by atoms with Crippen LogP contribution in [0.1, 0.15) is 19.4 Å². The maximum absolute atomic E-state index is 12.7. The Bertz CT molecular complexity index is 751. The second kappa shape index (κ2) is 7.30. The molecule has 0 spiro atoms. The van der Waals surface area contributed by atoms with E-state index in [4.69, 9.17) is 18.9 Å². The van der Waals surface area contributed by atoms with E-state index in [1.807, 2.05) is 6.07 Å². The van der Waals surface area contributed by atoms with E-state index in [9.17, 15) is 21.6 Å². The highest BCUT2D eigenvalue weighted by molar-refractivity contribution is 7.87. The van der Waals surface area contributed by atoms with Crippen molar-refractivity contribution in [3.8, 4) is 0 Å². The highest BCUT2D eigenvalue weighted by Gasteiger charge is 2.59. The minimum atomic E-state index is -5.84. The molecule has 2 fully saturated rings. The summed E-state index contributed by atoms with van der Waals surface area (Å²) in [5.74, 6) is -1.14. The van der Waals surface area contributed by atoms with Crippen LogP contribution in [0.3, 0.4) is 0 Å². The van der Waals surface area contributed by atoms with Crippen LogP contribution in [0.15, 0.2) is 30.3 Å². The molecule has 2 aliphatic heterocycles. The molecule has 0 amide bonds. The highest BCUT2D eigenvalue weighted by atomic mass is 32.2. The van der Waals surface area contributed by atoms with Gasteiger partial charge < -0.3 is 18.9 Å². The van der Waals surface area contributed by atoms with Crippen molar-refractivity contribution in [2.75, 3.05) is 6.61 Å². The zero-order valence-electron chi connectivity index (χ0n) is 14.5. The number of halogens is 3. The maximum Gasteiger partial charge on any atom is 0.523 e. The van der Waals surface area contributed by atoms with Gasteiger partial charge in [0.15, 0.2) is 12.1 Å². The zero-order valence-corrected chi connectivity index (χ0v) is 15.3. The fourth-order valence-electron chi connectivity index (χ4n) is 2.87. The highest BCUT2D eigenvalue weighted by Crippen LogP contribution is 2.40. The van der Waals surface area contributed by atoms with Gasteiger partial charge in [0.05, 0.1) is 13.2 Å². The third-order valence-electron chi connectivity index (χ3n) is 4.00. The third-order valence-corrected chi connectivity index (χ3v) is 5.04. The van der Waals surface area contributed by atoms with Gasteiger partial charge in [-0.15, -0.1) is 0 Å². The van der Waals surface area contributed by atoms with E-state index in [-0.39, 0.29) is 13.2 Å². The van der Waals surface area contributed by atoms with Gasteiger partial charge in [0.25, 0.3) is 0 Å². The minimum absolute atomic E-state index is 0.169. The molecule has 27 heavy (non-hydrogen) atoms. The number of benzene rings is 1. The smallest absolute Gasteiger partial charge is 0.374 e. The Balaban J connectivity index is 1.70. The maximum atomic E-state index is 12.7. The summed E-state index contributed by atoms with van der Waals surface area (Å²) in [6, 6.07) is 9.05. The Morgan fingerprint density at radius 1 is 1.15 bits per heavy atom. The molecule has 2 heterocycles. The van der Waals surface area contributed by atoms with Gasteiger partial charge in [-0.1, -0.05) is 30.3 Å². The summed E-state index contributed by atoms with van der Waals surface area (Å²) in [6.07, 6.45) is -4.86. The Morgan fingerprint density at radius 3 is 2.44 bits per heavy atom. The average Bonchev–Trinajstić information content (AvgIpc) is 3.00. The molecule has 0 aromatic heterocycles. The summed E-state index contributed by atoms with van der Waals surface area (Å²) in [7, 11) is -5.84. The van der Waals surface area contributed by atoms with Gasteiger partial charge in [-0.2, -0.15) is 21.6 Å². The lowest BCUT2D eigenvalue weighted by Crippen LogP contribution is -2.42. The standard InChI is InChI=1S/C16H19F3O7S/c1-15(2)24-13-12(26-27(20,21)16(17,18)19)11(23-14(13)25-15)9-22-8-10-6-4-3-5-7-10/h3-7,11-14H,8-9H2,1-2H3/t11-,12?,13+,14+/m1/s1. The lowest BCUT2D eigenvalue weighted by Gasteiger charge is -2.25. The number of alkyl halides is 3. The molecular formula is C16H19F3O7S. The first-order valence-electron chi connectivity index (χ1n) is 8.11. The van der Waals surface area contributed by atoms with Crippen LogP contribution in [0.4, 0.5) is 13.2 Å². The number of ether oxygens (including phenoxy) is 4. The van der Waals surface area contributed by atoms with Crippen LogP contribution in [0.2, 0.25) is 0 Å². The van der Waals surface area contributed by atoms with Crippen LogP contribution < -0.4 is 0 Å². The number of hydrogen-bond donors (Lipinski definition) is 0. The van der Waals surface area contributed by atoms with Crippen LogP contribution >= 0.6 is 0 Å². The van der Waals surface area contributed by atoms with Gasteiger partial charge in [-0.3, -0.25) is 4.18 Å². The van der Waals surface area contributed by atoms with Gasteiger partial charge in [0, 0.05) is 0 Å². The van der Waals surface area contributed by atoms with Crippen molar-refractivity contribution in [1.82, 2.24) is 0 Å². The van der Waals surface area contributed by atoms with Gasteiger partial charge in [0.1, 0.15) is 18.3 Å². The van der Waals surface area contributed by atoms with Crippen LogP contribution in [0.5, 0.6) is 0 Å². The molecular weight excluding hydrogens is 393 g/mol. The third kappa shape index (κ3) is 4.61. The van der Waals surface area contributed by atoms with E-state index in [0.29, 0.717) is 0 Å². The molecule has 0 radical (unpaired) electrons. The summed E-state index contributed by atoms with van der Waals surface area (Å²) in [4.78, 5) is 0. The summed E-state index contributed by atoms with van der Waals surface area (Å²) in [5, 5.41) is 0. The van der Waals surface area contributed by atoms with Crippen molar-refractivity contribution in [1.29, 1.82) is 0 Å². The summed E-state index contributed by atoms with van der Waals surface area (Å²) in [5.41, 5.74) is -4.72. The van der Waals surface area contributed by atoms with Crippen molar-refractivity contribution in [2.45, 2.75) is 56.4 Å². The molecule has 0 bridgehead atoms. The Kier molecular flexibility index (Phi) is 5.54. The normalized spacial score (nSPS) is 30.4. The minimum Gasteiger partial charge on any atom is -0.374 e. The fraction of sp³-hybridized carbons (Fsp3) is 0.625. The summed E-state index contributed by atoms with van der Waals surface area (Å²) < 4.78 is 87.4. The molecule has 3 rings (SSSR count). The summed E-state index contributed by atoms with van der Waals surface area (Å²) in [6.45, 7) is 3.03. The van der Waals surface area contributed by atoms with E-state index in [1.54, 1.807) is 24.3 Å². The molecule has 2 saturated heterocycles. The van der Waals surface area contributed by atoms with E-state index in [2.05, 4.69) is 4.18 Å². The van der Waals surface area contributed by atoms with Crippen LogP contribution in [-0.2, 0) is 39.9 Å². The van der Waals surface area contributed by atoms with Gasteiger partial charge in [0.2, 0.25) is 0 Å². The second-order valence-electron chi connectivity index (χ2n) is 6.60. The Morgan fingerprint density at radius 2 is 1.81 bits per heavy atom. The quantitative estimate of drug-likeness (QED) is 0.524. The van der Waals surface area contributed by atoms with Crippen molar-refractivity contribution >= 4 is 10.1 Å². The molecule has 0 aliphatic carbocycles. The Labute approximate surface area is 154 Å². The summed E-state index contributed by atoms with van der Waals surface area (Å²) >= 11 is 0. The molecule has 0 saturated carbocycles. The number of rotatable bonds is 6. The molecule has 1 aromatic carbocycles. The van der Waals surface area contributed by atoms with Crippen molar-refractivity contribution in [3.05, 3.63) is 35.9 Å². The molecule has 0 N–H and O–H groups in total. The largest absolute Gasteiger partial charge is 0.523 e.